The van der Waals surface area contributed by atoms with Crippen LogP contribution in [0.1, 0.15) is 46.2 Å². The zero-order valence-corrected chi connectivity index (χ0v) is 18.6. The molecule has 0 unspecified atom stereocenters. The summed E-state index contributed by atoms with van der Waals surface area (Å²) in [6, 6.07) is 9.91. The Hall–Kier alpha value is -3.29. The Morgan fingerprint density at radius 1 is 1.09 bits per heavy atom. The quantitative estimate of drug-likeness (QED) is 0.303. The molecule has 33 heavy (non-hydrogen) atoms. The molecule has 0 atom stereocenters. The Labute approximate surface area is 201 Å². The monoisotopic (exact) mass is 489 g/mol. The third-order valence-corrected chi connectivity index (χ3v) is 5.09. The first kappa shape index (κ1) is 26.0. The molecule has 2 N–H and O–H groups in total. The number of halogens is 3. The lowest BCUT2D eigenvalue weighted by molar-refractivity contribution is 0.0987. The van der Waals surface area contributed by atoms with Gasteiger partial charge in [-0.15, -0.1) is 0 Å². The maximum absolute atomic E-state index is 14.5. The van der Waals surface area contributed by atoms with Gasteiger partial charge in [-0.25, -0.2) is 9.37 Å². The lowest BCUT2D eigenvalue weighted by atomic mass is 9.96. The lowest BCUT2D eigenvalue weighted by Gasteiger charge is -2.15. The number of amides is 1. The van der Waals surface area contributed by atoms with Gasteiger partial charge in [-0.2, -0.15) is 0 Å². The molecule has 0 radical (unpaired) electrons. The standard InChI is InChI=1S/C23H18Cl2FN3O3.CH4/c1-12(27)13-3-5-16(19(26)7-13)20(30)10-17-18(8-15(25)9-21(17)32-2)23(31)29-22-6-4-14(24)11-28-22;/h3-9,11,27H,10H2,1-2H3,(H,28,29,31);1H4. The van der Waals surface area contributed by atoms with Crippen molar-refractivity contribution in [1.82, 2.24) is 4.98 Å². The molecule has 0 spiro atoms. The van der Waals surface area contributed by atoms with E-state index in [1.807, 2.05) is 0 Å². The molecule has 6 nitrogen and oxygen atoms in total. The minimum absolute atomic E-state index is 0. The summed E-state index contributed by atoms with van der Waals surface area (Å²) in [5.74, 6) is -1.41. The van der Waals surface area contributed by atoms with Crippen molar-refractivity contribution in [2.24, 2.45) is 0 Å². The van der Waals surface area contributed by atoms with Crippen molar-refractivity contribution < 1.29 is 18.7 Å². The average molecular weight is 490 g/mol. The second-order valence-electron chi connectivity index (χ2n) is 6.87. The number of rotatable bonds is 7. The molecule has 3 rings (SSSR count). The molecule has 1 heterocycles. The number of carbonyl (C=O) groups excluding carboxylic acids is 2. The van der Waals surface area contributed by atoms with Gasteiger partial charge in [-0.05, 0) is 48.9 Å². The molecule has 2 aromatic carbocycles. The molecule has 9 heteroatoms. The number of Topliss-reactive ketones (excluding diaryl/α,β-unsaturated/α-hetero) is 1. The number of anilines is 1. The van der Waals surface area contributed by atoms with Gasteiger partial charge in [-0.3, -0.25) is 9.59 Å². The summed E-state index contributed by atoms with van der Waals surface area (Å²) in [6.07, 6.45) is 1.07. The summed E-state index contributed by atoms with van der Waals surface area (Å²) < 4.78 is 19.9. The highest BCUT2D eigenvalue weighted by molar-refractivity contribution is 6.31. The average Bonchev–Trinajstić information content (AvgIpc) is 2.75. The van der Waals surface area contributed by atoms with Crippen molar-refractivity contribution in [2.45, 2.75) is 20.8 Å². The fourth-order valence-corrected chi connectivity index (χ4v) is 3.36. The van der Waals surface area contributed by atoms with E-state index in [2.05, 4.69) is 10.3 Å². The number of benzene rings is 2. The number of carbonyl (C=O) groups is 2. The topological polar surface area (TPSA) is 92.1 Å². The van der Waals surface area contributed by atoms with Gasteiger partial charge >= 0.3 is 0 Å². The molecule has 1 aromatic heterocycles. The van der Waals surface area contributed by atoms with E-state index in [9.17, 15) is 14.0 Å². The summed E-state index contributed by atoms with van der Waals surface area (Å²) in [6.45, 7) is 1.52. The van der Waals surface area contributed by atoms with Crippen molar-refractivity contribution in [1.29, 1.82) is 5.41 Å². The highest BCUT2D eigenvalue weighted by Gasteiger charge is 2.22. The van der Waals surface area contributed by atoms with Gasteiger partial charge in [-0.1, -0.05) is 36.7 Å². The number of ether oxygens (including phenoxy) is 1. The number of ketones is 1. The largest absolute Gasteiger partial charge is 0.496 e. The number of hydrogen-bond donors (Lipinski definition) is 2. The number of nitrogens with zero attached hydrogens (tertiary/aromatic N) is 1. The first-order valence-corrected chi connectivity index (χ1v) is 10.1. The molecule has 0 saturated heterocycles. The SMILES string of the molecule is C.COc1cc(Cl)cc(C(=O)Nc2ccc(Cl)cn2)c1CC(=O)c1ccc(C(C)=N)cc1F. The van der Waals surface area contributed by atoms with Crippen LogP contribution in [0.2, 0.25) is 10.0 Å². The highest BCUT2D eigenvalue weighted by Crippen LogP contribution is 2.30. The zero-order chi connectivity index (χ0) is 23.4. The molecule has 0 aliphatic rings. The molecule has 0 aliphatic heterocycles. The van der Waals surface area contributed by atoms with Crippen LogP contribution in [-0.2, 0) is 6.42 Å². The van der Waals surface area contributed by atoms with E-state index in [1.165, 1.54) is 50.6 Å². The minimum Gasteiger partial charge on any atom is -0.496 e. The number of methoxy groups -OCH3 is 1. The van der Waals surface area contributed by atoms with Crippen LogP contribution in [0.3, 0.4) is 0 Å². The number of hydrogen-bond acceptors (Lipinski definition) is 5. The molecule has 3 aromatic rings. The fourth-order valence-electron chi connectivity index (χ4n) is 3.04. The third kappa shape index (κ3) is 6.15. The molecule has 0 bridgehead atoms. The third-order valence-electron chi connectivity index (χ3n) is 4.65. The summed E-state index contributed by atoms with van der Waals surface area (Å²) in [5, 5.41) is 10.9. The molecule has 0 aliphatic carbocycles. The van der Waals surface area contributed by atoms with E-state index < -0.39 is 17.5 Å². The van der Waals surface area contributed by atoms with Gasteiger partial charge in [0.25, 0.3) is 5.91 Å². The van der Waals surface area contributed by atoms with E-state index in [0.717, 1.165) is 6.07 Å². The number of pyridine rings is 1. The second-order valence-corrected chi connectivity index (χ2v) is 7.74. The maximum atomic E-state index is 14.5. The predicted octanol–water partition coefficient (Wildman–Crippen LogP) is 6.24. The lowest BCUT2D eigenvalue weighted by Crippen LogP contribution is -2.18. The normalized spacial score (nSPS) is 10.2. The van der Waals surface area contributed by atoms with E-state index in [-0.39, 0.29) is 52.8 Å². The zero-order valence-electron chi connectivity index (χ0n) is 17.1. The van der Waals surface area contributed by atoms with Gasteiger partial charge in [0, 0.05) is 34.5 Å². The van der Waals surface area contributed by atoms with Gasteiger partial charge in [0.2, 0.25) is 0 Å². The first-order chi connectivity index (χ1) is 15.2. The predicted molar refractivity (Wildman–Crippen MR) is 129 cm³/mol. The van der Waals surface area contributed by atoms with Crippen LogP contribution in [0.25, 0.3) is 0 Å². The van der Waals surface area contributed by atoms with Crippen LogP contribution in [0, 0.1) is 11.2 Å². The van der Waals surface area contributed by atoms with Crippen LogP contribution in [-0.4, -0.2) is 29.5 Å². The molecule has 0 saturated carbocycles. The van der Waals surface area contributed by atoms with Crippen LogP contribution in [0.5, 0.6) is 5.75 Å². The van der Waals surface area contributed by atoms with E-state index >= 15 is 0 Å². The van der Waals surface area contributed by atoms with Crippen LogP contribution in [0.15, 0.2) is 48.7 Å². The maximum Gasteiger partial charge on any atom is 0.257 e. The summed E-state index contributed by atoms with van der Waals surface area (Å²) in [7, 11) is 1.38. The number of aromatic nitrogens is 1. The smallest absolute Gasteiger partial charge is 0.257 e. The van der Waals surface area contributed by atoms with Crippen LogP contribution in [0.4, 0.5) is 10.2 Å². The van der Waals surface area contributed by atoms with Crippen molar-refractivity contribution in [3.05, 3.63) is 86.8 Å². The summed E-state index contributed by atoms with van der Waals surface area (Å²) >= 11 is 12.0. The molecular formula is C24H22Cl2FN3O3. The van der Waals surface area contributed by atoms with Crippen LogP contribution < -0.4 is 10.1 Å². The fraction of sp³-hybridized carbons (Fsp3) is 0.167. The van der Waals surface area contributed by atoms with Crippen molar-refractivity contribution in [3.8, 4) is 5.75 Å². The molecular weight excluding hydrogens is 468 g/mol. The van der Waals surface area contributed by atoms with Crippen LogP contribution >= 0.6 is 23.2 Å². The molecule has 172 valence electrons. The second kappa shape index (κ2) is 11.0. The first-order valence-electron chi connectivity index (χ1n) is 9.37. The summed E-state index contributed by atoms with van der Waals surface area (Å²) in [5.41, 5.74) is 0.736. The Kier molecular flexibility index (Phi) is 8.68. The van der Waals surface area contributed by atoms with Crippen molar-refractivity contribution in [2.75, 3.05) is 12.4 Å². The van der Waals surface area contributed by atoms with Gasteiger partial charge in [0.15, 0.2) is 5.78 Å². The minimum atomic E-state index is -0.747. The Morgan fingerprint density at radius 2 is 1.82 bits per heavy atom. The highest BCUT2D eigenvalue weighted by atomic mass is 35.5. The molecule has 0 fully saturated rings. The van der Waals surface area contributed by atoms with Gasteiger partial charge < -0.3 is 15.5 Å². The van der Waals surface area contributed by atoms with Crippen molar-refractivity contribution >= 4 is 46.4 Å². The van der Waals surface area contributed by atoms with Gasteiger partial charge in [0.1, 0.15) is 17.4 Å². The van der Waals surface area contributed by atoms with E-state index in [4.69, 9.17) is 33.3 Å². The Morgan fingerprint density at radius 3 is 2.39 bits per heavy atom. The van der Waals surface area contributed by atoms with Crippen molar-refractivity contribution in [3.63, 3.8) is 0 Å². The van der Waals surface area contributed by atoms with E-state index in [0.29, 0.717) is 10.6 Å². The Balaban J connectivity index is 0.00000385. The Bertz CT molecular complexity index is 1210. The molecule has 1 amide bonds. The van der Waals surface area contributed by atoms with Gasteiger partial charge in [0.05, 0.1) is 17.7 Å². The number of nitrogens with one attached hydrogen (secondary N) is 2. The van der Waals surface area contributed by atoms with E-state index in [1.54, 1.807) is 6.07 Å². The summed E-state index contributed by atoms with van der Waals surface area (Å²) in [4.78, 5) is 29.9.